The number of nitrogens with zero attached hydrogens (tertiary/aromatic N) is 2. The zero-order chi connectivity index (χ0) is 22.9. The van der Waals surface area contributed by atoms with E-state index in [9.17, 15) is 22.8 Å². The van der Waals surface area contributed by atoms with E-state index in [1.807, 2.05) is 37.3 Å². The summed E-state index contributed by atoms with van der Waals surface area (Å²) >= 11 is 0. The van der Waals surface area contributed by atoms with Gasteiger partial charge in [0.05, 0.1) is 30.5 Å². The Morgan fingerprint density at radius 1 is 1.22 bits per heavy atom. The predicted octanol–water partition coefficient (Wildman–Crippen LogP) is 4.07. The Balaban J connectivity index is 1.63. The van der Waals surface area contributed by atoms with E-state index in [1.165, 1.54) is 6.07 Å². The predicted molar refractivity (Wildman–Crippen MR) is 111 cm³/mol. The first-order chi connectivity index (χ1) is 15.3. The SMILES string of the molecule is CCC(NC(=O)c1cc(C(=O)N2CCCC2C(F)(F)F)n2c1COCC2)c1ccccc1. The van der Waals surface area contributed by atoms with Crippen LogP contribution in [0.25, 0.3) is 0 Å². The van der Waals surface area contributed by atoms with Gasteiger partial charge in [0, 0.05) is 13.1 Å². The zero-order valence-electron chi connectivity index (χ0n) is 17.8. The molecule has 1 aromatic heterocycles. The quantitative estimate of drug-likeness (QED) is 0.749. The molecule has 1 saturated heterocycles. The maximum absolute atomic E-state index is 13.4. The normalized spacial score (nSPS) is 19.5. The number of nitrogens with one attached hydrogen (secondary N) is 1. The van der Waals surface area contributed by atoms with Crippen LogP contribution in [0.5, 0.6) is 0 Å². The van der Waals surface area contributed by atoms with Gasteiger partial charge < -0.3 is 19.5 Å². The molecule has 2 aliphatic heterocycles. The number of aromatic nitrogens is 1. The summed E-state index contributed by atoms with van der Waals surface area (Å²) in [4.78, 5) is 27.2. The molecule has 4 rings (SSSR count). The van der Waals surface area contributed by atoms with Crippen molar-refractivity contribution in [2.75, 3.05) is 13.2 Å². The monoisotopic (exact) mass is 449 g/mol. The molecule has 0 bridgehead atoms. The number of ether oxygens (including phenoxy) is 1. The number of fused-ring (bicyclic) bond motifs is 1. The maximum Gasteiger partial charge on any atom is 0.408 e. The van der Waals surface area contributed by atoms with Crippen LogP contribution in [-0.4, -0.2) is 46.7 Å². The van der Waals surface area contributed by atoms with Gasteiger partial charge in [0.15, 0.2) is 0 Å². The van der Waals surface area contributed by atoms with Crippen molar-refractivity contribution in [1.29, 1.82) is 0 Å². The molecule has 1 aromatic carbocycles. The van der Waals surface area contributed by atoms with Crippen LogP contribution in [0.15, 0.2) is 36.4 Å². The second-order valence-corrected chi connectivity index (χ2v) is 8.14. The third kappa shape index (κ3) is 4.26. The number of benzene rings is 1. The summed E-state index contributed by atoms with van der Waals surface area (Å²) in [7, 11) is 0. The molecule has 32 heavy (non-hydrogen) atoms. The fourth-order valence-electron chi connectivity index (χ4n) is 4.54. The van der Waals surface area contributed by atoms with Gasteiger partial charge >= 0.3 is 6.18 Å². The van der Waals surface area contributed by atoms with Crippen LogP contribution in [0.3, 0.4) is 0 Å². The summed E-state index contributed by atoms with van der Waals surface area (Å²) in [6.45, 7) is 2.77. The standard InChI is InChI=1S/C23H26F3N3O3/c1-2-17(15-7-4-3-5-8-15)27-21(30)16-13-18(28-11-12-32-14-19(16)28)22(31)29-10-6-9-20(29)23(24,25)26/h3-5,7-8,13,17,20H,2,6,9-12,14H2,1H3,(H,27,30). The van der Waals surface area contributed by atoms with Gasteiger partial charge in [-0.3, -0.25) is 9.59 Å². The van der Waals surface area contributed by atoms with Crippen molar-refractivity contribution in [3.63, 3.8) is 0 Å². The lowest BCUT2D eigenvalue weighted by Gasteiger charge is -2.27. The first-order valence-corrected chi connectivity index (χ1v) is 10.8. The van der Waals surface area contributed by atoms with Crippen molar-refractivity contribution in [2.24, 2.45) is 0 Å². The fourth-order valence-corrected chi connectivity index (χ4v) is 4.54. The second-order valence-electron chi connectivity index (χ2n) is 8.14. The van der Waals surface area contributed by atoms with Gasteiger partial charge in [0.1, 0.15) is 11.7 Å². The summed E-state index contributed by atoms with van der Waals surface area (Å²) in [5.74, 6) is -1.06. The zero-order valence-corrected chi connectivity index (χ0v) is 17.8. The van der Waals surface area contributed by atoms with Crippen molar-refractivity contribution in [3.8, 4) is 0 Å². The van der Waals surface area contributed by atoms with Gasteiger partial charge in [0.2, 0.25) is 0 Å². The van der Waals surface area contributed by atoms with Crippen LogP contribution < -0.4 is 5.32 Å². The molecule has 0 saturated carbocycles. The van der Waals surface area contributed by atoms with E-state index in [2.05, 4.69) is 5.32 Å². The number of amides is 2. The molecule has 0 spiro atoms. The minimum atomic E-state index is -4.48. The Morgan fingerprint density at radius 2 is 1.97 bits per heavy atom. The van der Waals surface area contributed by atoms with E-state index in [4.69, 9.17) is 4.74 Å². The summed E-state index contributed by atoms with van der Waals surface area (Å²) in [6, 6.07) is 8.93. The van der Waals surface area contributed by atoms with Gasteiger partial charge in [-0.25, -0.2) is 0 Å². The Kier molecular flexibility index (Phi) is 6.28. The van der Waals surface area contributed by atoms with Crippen LogP contribution in [0.1, 0.15) is 64.3 Å². The number of hydrogen-bond acceptors (Lipinski definition) is 3. The molecule has 9 heteroatoms. The van der Waals surface area contributed by atoms with E-state index in [0.717, 1.165) is 10.5 Å². The second kappa shape index (κ2) is 8.97. The number of rotatable bonds is 5. The molecular weight excluding hydrogens is 423 g/mol. The third-order valence-corrected chi connectivity index (χ3v) is 6.18. The molecule has 6 nitrogen and oxygen atoms in total. The average molecular weight is 449 g/mol. The van der Waals surface area contributed by atoms with E-state index in [-0.39, 0.29) is 42.8 Å². The largest absolute Gasteiger partial charge is 0.408 e. The molecule has 2 aromatic rings. The van der Waals surface area contributed by atoms with Crippen LogP contribution in [0, 0.1) is 0 Å². The molecule has 1 fully saturated rings. The van der Waals surface area contributed by atoms with E-state index >= 15 is 0 Å². The Morgan fingerprint density at radius 3 is 2.66 bits per heavy atom. The van der Waals surface area contributed by atoms with Gasteiger partial charge in [-0.05, 0) is 30.9 Å². The summed E-state index contributed by atoms with van der Waals surface area (Å²) in [5.41, 5.74) is 1.85. The molecule has 0 radical (unpaired) electrons. The molecule has 2 atom stereocenters. The van der Waals surface area contributed by atoms with E-state index in [0.29, 0.717) is 31.7 Å². The summed E-state index contributed by atoms with van der Waals surface area (Å²) in [5, 5.41) is 2.99. The first-order valence-electron chi connectivity index (χ1n) is 10.8. The lowest BCUT2D eigenvalue weighted by molar-refractivity contribution is -0.169. The summed E-state index contributed by atoms with van der Waals surface area (Å²) < 4.78 is 47.4. The van der Waals surface area contributed by atoms with Gasteiger partial charge in [-0.15, -0.1) is 0 Å². The van der Waals surface area contributed by atoms with Crippen molar-refractivity contribution < 1.29 is 27.5 Å². The summed E-state index contributed by atoms with van der Waals surface area (Å²) in [6.07, 6.45) is -3.62. The van der Waals surface area contributed by atoms with Gasteiger partial charge in [0.25, 0.3) is 11.8 Å². The number of carbonyl (C=O) groups is 2. The Labute approximate surface area is 184 Å². The van der Waals surface area contributed by atoms with Crippen LogP contribution in [0.2, 0.25) is 0 Å². The number of carbonyl (C=O) groups excluding carboxylic acids is 2. The lowest BCUT2D eigenvalue weighted by atomic mass is 10.0. The van der Waals surface area contributed by atoms with Crippen molar-refractivity contribution in [1.82, 2.24) is 14.8 Å². The van der Waals surface area contributed by atoms with Gasteiger partial charge in [-0.1, -0.05) is 37.3 Å². The molecular formula is C23H26F3N3O3. The van der Waals surface area contributed by atoms with Crippen LogP contribution in [0.4, 0.5) is 13.2 Å². The number of hydrogen-bond donors (Lipinski definition) is 1. The van der Waals surface area contributed by atoms with Crippen molar-refractivity contribution in [2.45, 2.75) is 57.6 Å². The highest BCUT2D eigenvalue weighted by atomic mass is 19.4. The fraction of sp³-hybridized carbons (Fsp3) is 0.478. The first kappa shape index (κ1) is 22.4. The van der Waals surface area contributed by atoms with Crippen molar-refractivity contribution >= 4 is 11.8 Å². The minimum Gasteiger partial charge on any atom is -0.373 e. The van der Waals surface area contributed by atoms with Crippen LogP contribution in [-0.2, 0) is 17.9 Å². The molecule has 2 aliphatic rings. The highest BCUT2D eigenvalue weighted by molar-refractivity contribution is 6.01. The Hall–Kier alpha value is -2.81. The molecule has 0 aliphatic carbocycles. The number of halogens is 3. The molecule has 2 amide bonds. The average Bonchev–Trinajstić information content (AvgIpc) is 3.43. The molecule has 1 N–H and O–H groups in total. The van der Waals surface area contributed by atoms with Gasteiger partial charge in [-0.2, -0.15) is 13.2 Å². The third-order valence-electron chi connectivity index (χ3n) is 6.18. The highest BCUT2D eigenvalue weighted by Crippen LogP contribution is 2.34. The maximum atomic E-state index is 13.4. The van der Waals surface area contributed by atoms with E-state index in [1.54, 1.807) is 4.57 Å². The number of alkyl halides is 3. The topological polar surface area (TPSA) is 63.6 Å². The van der Waals surface area contributed by atoms with E-state index < -0.39 is 18.1 Å². The van der Waals surface area contributed by atoms with Crippen molar-refractivity contribution in [3.05, 3.63) is 58.9 Å². The number of likely N-dealkylation sites (tertiary alicyclic amines) is 1. The molecule has 3 heterocycles. The minimum absolute atomic E-state index is 0.0491. The molecule has 172 valence electrons. The van der Waals surface area contributed by atoms with Crippen LogP contribution >= 0.6 is 0 Å². The smallest absolute Gasteiger partial charge is 0.373 e. The Bertz CT molecular complexity index is 988. The lowest BCUT2D eigenvalue weighted by Crippen LogP contribution is -2.45. The molecule has 2 unspecified atom stereocenters. The highest BCUT2D eigenvalue weighted by Gasteiger charge is 2.48.